The lowest BCUT2D eigenvalue weighted by molar-refractivity contribution is 0.226. The third kappa shape index (κ3) is 3.87. The molecule has 3 aromatic rings. The largest absolute Gasteiger partial charge is 0.482 e. The van der Waals surface area contributed by atoms with Gasteiger partial charge in [0, 0.05) is 55.1 Å². The van der Waals surface area contributed by atoms with E-state index in [-0.39, 0.29) is 17.8 Å². The molecule has 0 spiro atoms. The Morgan fingerprint density at radius 2 is 2.06 bits per heavy atom. The van der Waals surface area contributed by atoms with E-state index in [1.54, 1.807) is 30.1 Å². The van der Waals surface area contributed by atoms with Crippen LogP contribution in [0.1, 0.15) is 42.8 Å². The van der Waals surface area contributed by atoms with Crippen molar-refractivity contribution in [3.63, 3.8) is 0 Å². The maximum Gasteiger partial charge on any atom is 0.166 e. The van der Waals surface area contributed by atoms with E-state index < -0.39 is 6.10 Å². The monoisotopic (exact) mass is 447 g/mol. The maximum atomic E-state index is 14.2. The van der Waals surface area contributed by atoms with Gasteiger partial charge >= 0.3 is 0 Å². The number of rotatable bonds is 1. The van der Waals surface area contributed by atoms with Gasteiger partial charge in [-0.25, -0.2) is 9.37 Å². The van der Waals surface area contributed by atoms with Crippen molar-refractivity contribution in [2.75, 3.05) is 24.1 Å². The number of nitrogens with one attached hydrogen (secondary N) is 1. The number of likely N-dealkylation sites (tertiary alicyclic amines) is 1. The predicted molar refractivity (Wildman–Crippen MR) is 123 cm³/mol. The van der Waals surface area contributed by atoms with Crippen LogP contribution < -0.4 is 15.8 Å². The molecule has 0 aliphatic carbocycles. The highest BCUT2D eigenvalue weighted by molar-refractivity contribution is 5.74. The second-order valence-electron chi connectivity index (χ2n) is 8.61. The highest BCUT2D eigenvalue weighted by atomic mass is 19.1. The second kappa shape index (κ2) is 8.37. The summed E-state index contributed by atoms with van der Waals surface area (Å²) in [6.45, 7) is 3.78. The molecule has 9 heteroatoms. The van der Waals surface area contributed by atoms with Gasteiger partial charge in [0.15, 0.2) is 11.6 Å². The van der Waals surface area contributed by atoms with Crippen molar-refractivity contribution in [3.8, 4) is 22.9 Å². The van der Waals surface area contributed by atoms with E-state index in [0.29, 0.717) is 29.0 Å². The van der Waals surface area contributed by atoms with E-state index in [2.05, 4.69) is 21.3 Å². The molecule has 33 heavy (non-hydrogen) atoms. The van der Waals surface area contributed by atoms with Crippen LogP contribution >= 0.6 is 0 Å². The molecule has 2 aliphatic heterocycles. The highest BCUT2D eigenvalue weighted by Crippen LogP contribution is 2.37. The van der Waals surface area contributed by atoms with E-state index in [1.807, 2.05) is 6.92 Å². The number of halogens is 1. The normalized spacial score (nSPS) is 20.4. The zero-order valence-electron chi connectivity index (χ0n) is 18.7. The topological polar surface area (TPSA) is 105 Å². The molecule has 4 heterocycles. The summed E-state index contributed by atoms with van der Waals surface area (Å²) >= 11 is 0. The van der Waals surface area contributed by atoms with Gasteiger partial charge in [0.05, 0.1) is 11.9 Å². The van der Waals surface area contributed by atoms with Gasteiger partial charge in [-0.1, -0.05) is 0 Å². The Labute approximate surface area is 191 Å². The molecular formula is C24H26FN7O. The van der Waals surface area contributed by atoms with Crippen LogP contribution in [-0.2, 0) is 13.5 Å². The van der Waals surface area contributed by atoms with Gasteiger partial charge in [0.1, 0.15) is 23.7 Å². The Balaban J connectivity index is 1.72. The van der Waals surface area contributed by atoms with Crippen molar-refractivity contribution in [2.45, 2.75) is 38.5 Å². The number of hydrogen-bond acceptors (Lipinski definition) is 7. The Morgan fingerprint density at radius 3 is 2.82 bits per heavy atom. The molecule has 2 atom stereocenters. The third-order valence-corrected chi connectivity index (χ3v) is 6.44. The van der Waals surface area contributed by atoms with Crippen LogP contribution in [0.3, 0.4) is 0 Å². The number of nitrogens with zero attached hydrogens (tertiary/aromatic N) is 5. The van der Waals surface area contributed by atoms with Crippen molar-refractivity contribution >= 4 is 11.5 Å². The third-order valence-electron chi connectivity index (χ3n) is 6.44. The molecule has 1 aromatic carbocycles. The smallest absolute Gasteiger partial charge is 0.166 e. The molecule has 1 fully saturated rings. The second-order valence-corrected chi connectivity index (χ2v) is 8.61. The average Bonchev–Trinajstić information content (AvgIpc) is 3.43. The first-order chi connectivity index (χ1) is 15.9. The molecule has 0 saturated carbocycles. The van der Waals surface area contributed by atoms with Crippen LogP contribution in [0.15, 0.2) is 30.5 Å². The minimum atomic E-state index is -0.481. The number of nitrogens with two attached hydrogens (primary N) is 1. The number of nitriles is 1. The van der Waals surface area contributed by atoms with Gasteiger partial charge in [-0.05, 0) is 44.0 Å². The Morgan fingerprint density at radius 1 is 1.27 bits per heavy atom. The quantitative estimate of drug-likeness (QED) is 0.587. The van der Waals surface area contributed by atoms with Crippen LogP contribution in [0.2, 0.25) is 0 Å². The number of ether oxygens (including phenoxy) is 1. The van der Waals surface area contributed by atoms with Crippen LogP contribution in [-0.4, -0.2) is 38.9 Å². The van der Waals surface area contributed by atoms with Gasteiger partial charge in [-0.3, -0.25) is 9.58 Å². The standard InChI is InChI=1S/C24H26FN7O/c1-14-17-10-16(25)5-6-18(17)29-22(32-7-3-4-8-32)11-19-23(20(12-26)31(2)30-19)15-9-21(33-14)24(27)28-13-15/h5-6,9-10,13-14,22,29H,3-4,7-8,11H2,1-2H3,(H2,27,28). The molecule has 0 amide bonds. The fourth-order valence-electron chi connectivity index (χ4n) is 4.78. The molecule has 2 unspecified atom stereocenters. The van der Waals surface area contributed by atoms with Gasteiger partial charge in [0.2, 0.25) is 0 Å². The number of benzene rings is 1. The van der Waals surface area contributed by atoms with Gasteiger partial charge in [-0.15, -0.1) is 0 Å². The predicted octanol–water partition coefficient (Wildman–Crippen LogP) is 3.60. The number of hydrogen-bond donors (Lipinski definition) is 2. The maximum absolute atomic E-state index is 14.2. The summed E-state index contributed by atoms with van der Waals surface area (Å²) in [5.74, 6) is 0.277. The summed E-state index contributed by atoms with van der Waals surface area (Å²) in [6, 6.07) is 8.76. The van der Waals surface area contributed by atoms with Crippen molar-refractivity contribution < 1.29 is 9.13 Å². The molecule has 3 N–H and O–H groups in total. The lowest BCUT2D eigenvalue weighted by atomic mass is 10.0. The van der Waals surface area contributed by atoms with Gasteiger partial charge in [-0.2, -0.15) is 10.4 Å². The minimum absolute atomic E-state index is 0.0789. The number of aromatic nitrogens is 3. The summed E-state index contributed by atoms with van der Waals surface area (Å²) in [5, 5.41) is 18.2. The molecule has 170 valence electrons. The Bertz CT molecular complexity index is 1240. The van der Waals surface area contributed by atoms with E-state index >= 15 is 0 Å². The SMILES string of the molecule is CC1Oc2cc(cnc2N)-c2c(nn(C)c2C#N)CC(N2CCCC2)Nc2ccc(F)cc21. The lowest BCUT2D eigenvalue weighted by Gasteiger charge is -2.31. The molecule has 0 radical (unpaired) electrons. The molecule has 2 aromatic heterocycles. The summed E-state index contributed by atoms with van der Waals surface area (Å²) < 4.78 is 22.0. The number of anilines is 2. The zero-order chi connectivity index (χ0) is 23.1. The fraction of sp³-hybridized carbons (Fsp3) is 0.375. The van der Waals surface area contributed by atoms with Gasteiger partial charge < -0.3 is 15.8 Å². The first-order valence-electron chi connectivity index (χ1n) is 11.1. The summed E-state index contributed by atoms with van der Waals surface area (Å²) in [6.07, 6.45) is 3.90. The summed E-state index contributed by atoms with van der Waals surface area (Å²) in [4.78, 5) is 6.70. The first kappa shape index (κ1) is 21.2. The lowest BCUT2D eigenvalue weighted by Crippen LogP contribution is -2.41. The van der Waals surface area contributed by atoms with Crippen LogP contribution in [0.5, 0.6) is 5.75 Å². The van der Waals surface area contributed by atoms with E-state index in [1.165, 1.54) is 12.1 Å². The van der Waals surface area contributed by atoms with Crippen molar-refractivity contribution in [1.29, 1.82) is 5.26 Å². The van der Waals surface area contributed by atoms with Crippen molar-refractivity contribution in [1.82, 2.24) is 19.7 Å². The van der Waals surface area contributed by atoms with Crippen molar-refractivity contribution in [3.05, 3.63) is 53.2 Å². The Hall–Kier alpha value is -3.64. The zero-order valence-corrected chi connectivity index (χ0v) is 18.7. The highest BCUT2D eigenvalue weighted by Gasteiger charge is 2.29. The van der Waals surface area contributed by atoms with E-state index in [4.69, 9.17) is 15.6 Å². The average molecular weight is 448 g/mol. The van der Waals surface area contributed by atoms with Gasteiger partial charge in [0.25, 0.3) is 0 Å². The number of fused-ring (bicyclic) bond motifs is 5. The fourth-order valence-corrected chi connectivity index (χ4v) is 4.78. The summed E-state index contributed by atoms with van der Waals surface area (Å²) in [7, 11) is 1.77. The van der Waals surface area contributed by atoms with Crippen LogP contribution in [0.4, 0.5) is 15.9 Å². The van der Waals surface area contributed by atoms with E-state index in [9.17, 15) is 9.65 Å². The summed E-state index contributed by atoms with van der Waals surface area (Å²) in [5.41, 5.74) is 10.3. The van der Waals surface area contributed by atoms with Crippen LogP contribution in [0.25, 0.3) is 11.1 Å². The molecule has 8 nitrogen and oxygen atoms in total. The van der Waals surface area contributed by atoms with E-state index in [0.717, 1.165) is 42.9 Å². The first-order valence-corrected chi connectivity index (χ1v) is 11.1. The molecule has 2 aliphatic rings. The molecule has 5 rings (SSSR count). The van der Waals surface area contributed by atoms with Crippen LogP contribution in [0, 0.1) is 17.1 Å². The minimum Gasteiger partial charge on any atom is -0.482 e. The van der Waals surface area contributed by atoms with Crippen molar-refractivity contribution in [2.24, 2.45) is 7.05 Å². The molecule has 1 saturated heterocycles. The number of pyridine rings is 1. The Kier molecular flexibility index (Phi) is 5.38. The number of aryl methyl sites for hydroxylation is 1. The molecular weight excluding hydrogens is 421 g/mol. The number of nitrogen functional groups attached to an aromatic ring is 1. The molecule has 2 bridgehead atoms.